The average Bonchev–Trinajstić information content (AvgIpc) is 2.89. The van der Waals surface area contributed by atoms with E-state index in [-0.39, 0.29) is 5.91 Å². The summed E-state index contributed by atoms with van der Waals surface area (Å²) in [5.74, 6) is 0.627. The summed E-state index contributed by atoms with van der Waals surface area (Å²) in [5.41, 5.74) is 3.30. The number of thiazole rings is 1. The molecule has 1 amide bonds. The van der Waals surface area contributed by atoms with Crippen molar-refractivity contribution in [2.24, 2.45) is 0 Å². The molecule has 1 heterocycles. The largest absolute Gasteiger partial charge is 0.487 e. The molecule has 5 heteroatoms. The molecule has 0 radical (unpaired) electrons. The van der Waals surface area contributed by atoms with E-state index in [0.29, 0.717) is 12.2 Å². The molecule has 0 saturated carbocycles. The van der Waals surface area contributed by atoms with Crippen LogP contribution < -0.4 is 10.1 Å². The highest BCUT2D eigenvalue weighted by Gasteiger charge is 2.03. The Labute approximate surface area is 103 Å². The van der Waals surface area contributed by atoms with Crippen molar-refractivity contribution >= 4 is 17.2 Å². The normalized spacial score (nSPS) is 9.94. The second kappa shape index (κ2) is 5.45. The zero-order valence-corrected chi connectivity index (χ0v) is 10.2. The maximum Gasteiger partial charge on any atom is 0.251 e. The van der Waals surface area contributed by atoms with Crippen molar-refractivity contribution in [1.82, 2.24) is 10.3 Å². The van der Waals surface area contributed by atoms with Crippen LogP contribution in [0, 0.1) is 0 Å². The highest BCUT2D eigenvalue weighted by atomic mass is 32.1. The van der Waals surface area contributed by atoms with E-state index in [0.717, 1.165) is 11.4 Å². The summed E-state index contributed by atoms with van der Waals surface area (Å²) in [6.45, 7) is 0.447. The lowest BCUT2D eigenvalue weighted by molar-refractivity contribution is 0.0963. The average molecular weight is 248 g/mol. The zero-order valence-electron chi connectivity index (χ0n) is 9.34. The van der Waals surface area contributed by atoms with Crippen LogP contribution in [0.25, 0.3) is 0 Å². The van der Waals surface area contributed by atoms with Crippen LogP contribution in [0.15, 0.2) is 35.2 Å². The zero-order chi connectivity index (χ0) is 12.1. The van der Waals surface area contributed by atoms with E-state index in [1.54, 1.807) is 48.2 Å². The Bertz CT molecular complexity index is 480. The number of rotatable bonds is 4. The van der Waals surface area contributed by atoms with Crippen LogP contribution >= 0.6 is 11.3 Å². The quantitative estimate of drug-likeness (QED) is 0.901. The molecule has 0 bridgehead atoms. The van der Waals surface area contributed by atoms with Crippen LogP contribution in [-0.2, 0) is 6.61 Å². The van der Waals surface area contributed by atoms with Gasteiger partial charge in [0.1, 0.15) is 12.4 Å². The minimum Gasteiger partial charge on any atom is -0.487 e. The topological polar surface area (TPSA) is 51.2 Å². The number of carbonyl (C=O) groups excluding carboxylic acids is 1. The SMILES string of the molecule is CNC(=O)c1ccc(OCc2cscn2)cc1. The smallest absolute Gasteiger partial charge is 0.251 e. The molecule has 0 saturated heterocycles. The summed E-state index contributed by atoms with van der Waals surface area (Å²) in [6, 6.07) is 7.01. The number of hydrogen-bond donors (Lipinski definition) is 1. The molecule has 0 atom stereocenters. The molecule has 0 aliphatic rings. The molecule has 0 aliphatic heterocycles. The number of aromatic nitrogens is 1. The van der Waals surface area contributed by atoms with Crippen LogP contribution in [0.3, 0.4) is 0 Å². The van der Waals surface area contributed by atoms with E-state index in [9.17, 15) is 4.79 Å². The van der Waals surface area contributed by atoms with Gasteiger partial charge in [0.05, 0.1) is 11.2 Å². The van der Waals surface area contributed by atoms with Crippen molar-refractivity contribution in [3.63, 3.8) is 0 Å². The molecule has 0 spiro atoms. The predicted molar refractivity (Wildman–Crippen MR) is 66.3 cm³/mol. The van der Waals surface area contributed by atoms with Gasteiger partial charge in [-0.1, -0.05) is 0 Å². The van der Waals surface area contributed by atoms with Gasteiger partial charge < -0.3 is 10.1 Å². The lowest BCUT2D eigenvalue weighted by Crippen LogP contribution is -2.17. The number of nitrogens with one attached hydrogen (secondary N) is 1. The maximum absolute atomic E-state index is 11.3. The molecule has 17 heavy (non-hydrogen) atoms. The van der Waals surface area contributed by atoms with Gasteiger partial charge in [-0.15, -0.1) is 11.3 Å². The Morgan fingerprint density at radius 2 is 2.18 bits per heavy atom. The van der Waals surface area contributed by atoms with Crippen molar-refractivity contribution in [2.75, 3.05) is 7.05 Å². The van der Waals surface area contributed by atoms with Crippen LogP contribution in [-0.4, -0.2) is 17.9 Å². The van der Waals surface area contributed by atoms with Gasteiger partial charge in [-0.25, -0.2) is 4.98 Å². The first kappa shape index (κ1) is 11.6. The summed E-state index contributed by atoms with van der Waals surface area (Å²) in [5, 5.41) is 4.51. The molecule has 1 aromatic carbocycles. The fourth-order valence-corrected chi connectivity index (χ4v) is 1.86. The van der Waals surface area contributed by atoms with Gasteiger partial charge in [0.25, 0.3) is 5.91 Å². The Balaban J connectivity index is 1.96. The predicted octanol–water partition coefficient (Wildman–Crippen LogP) is 2.08. The summed E-state index contributed by atoms with van der Waals surface area (Å²) < 4.78 is 5.53. The molecule has 0 unspecified atom stereocenters. The minimum atomic E-state index is -0.101. The van der Waals surface area contributed by atoms with E-state index in [2.05, 4.69) is 10.3 Å². The summed E-state index contributed by atoms with van der Waals surface area (Å²) >= 11 is 1.54. The van der Waals surface area contributed by atoms with Gasteiger partial charge in [0, 0.05) is 18.0 Å². The van der Waals surface area contributed by atoms with Crippen molar-refractivity contribution in [3.8, 4) is 5.75 Å². The lowest BCUT2D eigenvalue weighted by Gasteiger charge is -2.05. The number of benzene rings is 1. The van der Waals surface area contributed by atoms with Crippen LogP contribution in [0.4, 0.5) is 0 Å². The number of carbonyl (C=O) groups is 1. The molecule has 0 fully saturated rings. The second-order valence-corrected chi connectivity index (χ2v) is 4.09. The Morgan fingerprint density at radius 1 is 1.41 bits per heavy atom. The van der Waals surface area contributed by atoms with Crippen molar-refractivity contribution in [2.45, 2.75) is 6.61 Å². The van der Waals surface area contributed by atoms with E-state index in [1.165, 1.54) is 0 Å². The van der Waals surface area contributed by atoms with Crippen molar-refractivity contribution in [3.05, 3.63) is 46.4 Å². The highest BCUT2D eigenvalue weighted by molar-refractivity contribution is 7.07. The molecular weight excluding hydrogens is 236 g/mol. The Morgan fingerprint density at radius 3 is 2.76 bits per heavy atom. The molecule has 1 N–H and O–H groups in total. The molecular formula is C12H12N2O2S. The molecule has 2 rings (SSSR count). The first-order valence-corrected chi connectivity index (χ1v) is 6.06. The summed E-state index contributed by atoms with van der Waals surface area (Å²) in [6.07, 6.45) is 0. The van der Waals surface area contributed by atoms with Crippen LogP contribution in [0.1, 0.15) is 16.1 Å². The molecule has 88 valence electrons. The number of hydrogen-bond acceptors (Lipinski definition) is 4. The first-order valence-electron chi connectivity index (χ1n) is 5.11. The fraction of sp³-hybridized carbons (Fsp3) is 0.167. The van der Waals surface area contributed by atoms with E-state index in [4.69, 9.17) is 4.74 Å². The van der Waals surface area contributed by atoms with E-state index < -0.39 is 0 Å². The third-order valence-electron chi connectivity index (χ3n) is 2.21. The first-order chi connectivity index (χ1) is 8.29. The van der Waals surface area contributed by atoms with Gasteiger partial charge in [-0.3, -0.25) is 4.79 Å². The third kappa shape index (κ3) is 3.04. The van der Waals surface area contributed by atoms with E-state index in [1.807, 2.05) is 5.38 Å². The van der Waals surface area contributed by atoms with Crippen LogP contribution in [0.5, 0.6) is 5.75 Å². The molecule has 2 aromatic rings. The summed E-state index contributed by atoms with van der Waals surface area (Å²) in [4.78, 5) is 15.4. The van der Waals surface area contributed by atoms with Gasteiger partial charge in [0.15, 0.2) is 0 Å². The van der Waals surface area contributed by atoms with Crippen molar-refractivity contribution < 1.29 is 9.53 Å². The number of amides is 1. The maximum atomic E-state index is 11.3. The minimum absolute atomic E-state index is 0.101. The van der Waals surface area contributed by atoms with E-state index >= 15 is 0 Å². The van der Waals surface area contributed by atoms with Gasteiger partial charge in [-0.2, -0.15) is 0 Å². The molecule has 1 aromatic heterocycles. The highest BCUT2D eigenvalue weighted by Crippen LogP contribution is 2.14. The van der Waals surface area contributed by atoms with Crippen LogP contribution in [0.2, 0.25) is 0 Å². The number of ether oxygens (including phenoxy) is 1. The third-order valence-corrected chi connectivity index (χ3v) is 2.85. The fourth-order valence-electron chi connectivity index (χ4n) is 1.31. The monoisotopic (exact) mass is 248 g/mol. The molecule has 4 nitrogen and oxygen atoms in total. The van der Waals surface area contributed by atoms with Gasteiger partial charge >= 0.3 is 0 Å². The Hall–Kier alpha value is -1.88. The standard InChI is InChI=1S/C12H12N2O2S/c1-13-12(15)9-2-4-11(5-3-9)16-6-10-7-17-8-14-10/h2-5,7-8H,6H2,1H3,(H,13,15). The number of nitrogens with zero attached hydrogens (tertiary/aromatic N) is 1. The molecule has 0 aliphatic carbocycles. The van der Waals surface area contributed by atoms with Gasteiger partial charge in [0.2, 0.25) is 0 Å². The lowest BCUT2D eigenvalue weighted by atomic mass is 10.2. The van der Waals surface area contributed by atoms with Crippen molar-refractivity contribution in [1.29, 1.82) is 0 Å². The second-order valence-electron chi connectivity index (χ2n) is 3.37. The Kier molecular flexibility index (Phi) is 3.72. The summed E-state index contributed by atoms with van der Waals surface area (Å²) in [7, 11) is 1.61. The van der Waals surface area contributed by atoms with Gasteiger partial charge in [-0.05, 0) is 24.3 Å².